The maximum Gasteiger partial charge on any atom is 0.213 e. The summed E-state index contributed by atoms with van der Waals surface area (Å²) in [6.07, 6.45) is -0.338. The predicted octanol–water partition coefficient (Wildman–Crippen LogP) is 0.251. The molecule has 0 amide bonds. The maximum atomic E-state index is 11.4. The molecule has 4 heteroatoms. The van der Waals surface area contributed by atoms with Gasteiger partial charge in [0.25, 0.3) is 0 Å². The van der Waals surface area contributed by atoms with E-state index >= 15 is 0 Å². The molecule has 0 saturated carbocycles. The SMILES string of the molecule is O=C(c1ccccc1)C(O)/N=C/CO. The summed E-state index contributed by atoms with van der Waals surface area (Å²) < 4.78 is 0. The van der Waals surface area contributed by atoms with Crippen LogP contribution in [0, 0.1) is 0 Å². The Hall–Kier alpha value is -1.52. The largest absolute Gasteiger partial charge is 0.391 e. The second-order valence-electron chi connectivity index (χ2n) is 2.62. The van der Waals surface area contributed by atoms with Gasteiger partial charge in [-0.3, -0.25) is 9.79 Å². The number of rotatable bonds is 4. The summed E-state index contributed by atoms with van der Waals surface area (Å²) in [5, 5.41) is 17.6. The number of aliphatic hydroxyl groups is 2. The van der Waals surface area contributed by atoms with Gasteiger partial charge in [0.2, 0.25) is 12.0 Å². The zero-order valence-corrected chi connectivity index (χ0v) is 7.50. The molecule has 0 aromatic heterocycles. The highest BCUT2D eigenvalue weighted by Gasteiger charge is 2.14. The standard InChI is InChI=1S/C10H11NO3/c12-7-6-11-10(14)9(13)8-4-2-1-3-5-8/h1-6,10,12,14H,7H2/b11-6+. The van der Waals surface area contributed by atoms with Crippen LogP contribution < -0.4 is 0 Å². The highest BCUT2D eigenvalue weighted by Crippen LogP contribution is 2.03. The third-order valence-corrected chi connectivity index (χ3v) is 1.62. The Morgan fingerprint density at radius 3 is 2.64 bits per heavy atom. The highest BCUT2D eigenvalue weighted by molar-refractivity contribution is 5.99. The normalized spacial score (nSPS) is 13.0. The minimum absolute atomic E-state index is 0.293. The van der Waals surface area contributed by atoms with Gasteiger partial charge in [-0.25, -0.2) is 0 Å². The van der Waals surface area contributed by atoms with E-state index in [2.05, 4.69) is 4.99 Å². The number of nitrogens with zero attached hydrogens (tertiary/aromatic N) is 1. The third kappa shape index (κ3) is 2.76. The van der Waals surface area contributed by atoms with Gasteiger partial charge >= 0.3 is 0 Å². The van der Waals surface area contributed by atoms with Crippen molar-refractivity contribution in [2.45, 2.75) is 6.23 Å². The van der Waals surface area contributed by atoms with E-state index in [1.54, 1.807) is 30.3 Å². The van der Waals surface area contributed by atoms with Crippen LogP contribution in [0.2, 0.25) is 0 Å². The van der Waals surface area contributed by atoms with Gasteiger partial charge < -0.3 is 10.2 Å². The summed E-state index contributed by atoms with van der Waals surface area (Å²) in [5.74, 6) is -0.477. The van der Waals surface area contributed by atoms with Gasteiger partial charge in [-0.15, -0.1) is 0 Å². The Bertz CT molecular complexity index is 321. The van der Waals surface area contributed by atoms with Crippen molar-refractivity contribution in [2.75, 3.05) is 6.61 Å². The Balaban J connectivity index is 2.71. The van der Waals surface area contributed by atoms with Crippen LogP contribution in [0.15, 0.2) is 35.3 Å². The fourth-order valence-electron chi connectivity index (χ4n) is 0.966. The van der Waals surface area contributed by atoms with Gasteiger partial charge in [-0.1, -0.05) is 30.3 Å². The van der Waals surface area contributed by atoms with Crippen LogP contribution in [0.3, 0.4) is 0 Å². The van der Waals surface area contributed by atoms with E-state index in [9.17, 15) is 9.90 Å². The number of carbonyl (C=O) groups is 1. The molecule has 0 heterocycles. The molecule has 1 atom stereocenters. The van der Waals surface area contributed by atoms with Crippen LogP contribution in [0.1, 0.15) is 10.4 Å². The molecule has 4 nitrogen and oxygen atoms in total. The van der Waals surface area contributed by atoms with Gasteiger partial charge in [0.1, 0.15) is 0 Å². The molecular formula is C10H11NO3. The lowest BCUT2D eigenvalue weighted by atomic mass is 10.1. The highest BCUT2D eigenvalue weighted by atomic mass is 16.3. The average Bonchev–Trinajstić information content (AvgIpc) is 2.26. The topological polar surface area (TPSA) is 69.9 Å². The monoisotopic (exact) mass is 193 g/mol. The quantitative estimate of drug-likeness (QED) is 0.532. The average molecular weight is 193 g/mol. The van der Waals surface area contributed by atoms with Gasteiger partial charge in [-0.05, 0) is 0 Å². The van der Waals surface area contributed by atoms with Crippen LogP contribution >= 0.6 is 0 Å². The fourth-order valence-corrected chi connectivity index (χ4v) is 0.966. The zero-order chi connectivity index (χ0) is 10.4. The molecule has 1 unspecified atom stereocenters. The predicted molar refractivity (Wildman–Crippen MR) is 52.4 cm³/mol. The smallest absolute Gasteiger partial charge is 0.213 e. The molecule has 2 N–H and O–H groups in total. The molecule has 74 valence electrons. The van der Waals surface area contributed by atoms with Gasteiger partial charge in [0.15, 0.2) is 0 Å². The Morgan fingerprint density at radius 1 is 1.43 bits per heavy atom. The molecule has 0 aliphatic heterocycles. The molecule has 1 aromatic rings. The van der Waals surface area contributed by atoms with Crippen molar-refractivity contribution in [3.05, 3.63) is 35.9 Å². The van der Waals surface area contributed by atoms with Crippen LogP contribution in [0.4, 0.5) is 0 Å². The molecule has 0 bridgehead atoms. The first-order valence-electron chi connectivity index (χ1n) is 4.15. The van der Waals surface area contributed by atoms with Crippen molar-refractivity contribution >= 4 is 12.0 Å². The summed E-state index contributed by atoms with van der Waals surface area (Å²) in [7, 11) is 0. The van der Waals surface area contributed by atoms with Crippen molar-refractivity contribution in [2.24, 2.45) is 4.99 Å². The van der Waals surface area contributed by atoms with Gasteiger partial charge in [0.05, 0.1) is 6.61 Å². The summed E-state index contributed by atoms with van der Waals surface area (Å²) >= 11 is 0. The van der Waals surface area contributed by atoms with Gasteiger partial charge in [0, 0.05) is 11.8 Å². The minimum Gasteiger partial charge on any atom is -0.391 e. The first-order valence-corrected chi connectivity index (χ1v) is 4.15. The van der Waals surface area contributed by atoms with Crippen LogP contribution in [-0.4, -0.2) is 35.0 Å². The maximum absolute atomic E-state index is 11.4. The van der Waals surface area contributed by atoms with Crippen molar-refractivity contribution in [3.63, 3.8) is 0 Å². The van der Waals surface area contributed by atoms with Crippen molar-refractivity contribution in [3.8, 4) is 0 Å². The number of ketones is 1. The number of aliphatic imine (C=N–C) groups is 1. The van der Waals surface area contributed by atoms with Crippen molar-refractivity contribution in [1.82, 2.24) is 0 Å². The van der Waals surface area contributed by atoms with Crippen LogP contribution in [-0.2, 0) is 0 Å². The number of carbonyl (C=O) groups excluding carboxylic acids is 1. The molecule has 1 aromatic carbocycles. The number of aliphatic hydroxyl groups excluding tert-OH is 2. The van der Waals surface area contributed by atoms with Crippen molar-refractivity contribution < 1.29 is 15.0 Å². The lowest BCUT2D eigenvalue weighted by molar-refractivity contribution is 0.0764. The molecule has 0 radical (unpaired) electrons. The lowest BCUT2D eigenvalue weighted by Crippen LogP contribution is -2.18. The fraction of sp³-hybridized carbons (Fsp3) is 0.200. The Labute approximate surface area is 81.5 Å². The zero-order valence-electron chi connectivity index (χ0n) is 7.50. The Morgan fingerprint density at radius 2 is 2.07 bits per heavy atom. The first-order chi connectivity index (χ1) is 6.75. The van der Waals surface area contributed by atoms with E-state index in [1.165, 1.54) is 0 Å². The van der Waals surface area contributed by atoms with E-state index in [0.29, 0.717) is 5.56 Å². The molecule has 0 spiro atoms. The minimum atomic E-state index is -1.43. The number of hydrogen-bond donors (Lipinski definition) is 2. The van der Waals surface area contributed by atoms with Gasteiger partial charge in [-0.2, -0.15) is 0 Å². The summed E-state index contributed by atoms with van der Waals surface area (Å²) in [4.78, 5) is 14.9. The van der Waals surface area contributed by atoms with Crippen LogP contribution in [0.25, 0.3) is 0 Å². The summed E-state index contributed by atoms with van der Waals surface area (Å²) in [5.41, 5.74) is 0.398. The second-order valence-corrected chi connectivity index (χ2v) is 2.62. The molecule has 0 fully saturated rings. The van der Waals surface area contributed by atoms with E-state index in [-0.39, 0.29) is 6.61 Å². The molecule has 1 rings (SSSR count). The third-order valence-electron chi connectivity index (χ3n) is 1.62. The number of hydrogen-bond acceptors (Lipinski definition) is 4. The first kappa shape index (κ1) is 10.6. The lowest BCUT2D eigenvalue weighted by Gasteiger charge is -2.03. The molecule has 0 aliphatic carbocycles. The molecule has 0 saturated heterocycles. The van der Waals surface area contributed by atoms with Crippen LogP contribution in [0.5, 0.6) is 0 Å². The summed E-state index contributed by atoms with van der Waals surface area (Å²) in [6.45, 7) is -0.293. The van der Waals surface area contributed by atoms with E-state index in [4.69, 9.17) is 5.11 Å². The molecule has 0 aliphatic rings. The van der Waals surface area contributed by atoms with Crippen molar-refractivity contribution in [1.29, 1.82) is 0 Å². The van der Waals surface area contributed by atoms with E-state index in [1.807, 2.05) is 0 Å². The number of benzene rings is 1. The molecule has 14 heavy (non-hydrogen) atoms. The second kappa shape index (κ2) is 5.26. The Kier molecular flexibility index (Phi) is 3.97. The van der Waals surface area contributed by atoms with E-state index < -0.39 is 12.0 Å². The molecular weight excluding hydrogens is 182 g/mol. The summed E-state index contributed by atoms with van der Waals surface area (Å²) in [6, 6.07) is 8.38. The number of Topliss-reactive ketones (excluding diaryl/α,β-unsaturated/α-hetero) is 1. The van der Waals surface area contributed by atoms with E-state index in [0.717, 1.165) is 6.21 Å².